The summed E-state index contributed by atoms with van der Waals surface area (Å²) in [5, 5.41) is 9.38. The number of amides is 1. The normalized spacial score (nSPS) is 13.4. The van der Waals surface area contributed by atoms with Crippen LogP contribution in [-0.2, 0) is 11.2 Å². The molecule has 0 saturated heterocycles. The van der Waals surface area contributed by atoms with Gasteiger partial charge in [0.2, 0.25) is 5.91 Å². The zero-order valence-electron chi connectivity index (χ0n) is 26.2. The molecule has 3 aromatic heterocycles. The fourth-order valence-corrected chi connectivity index (χ4v) is 6.11. The number of aromatic nitrogens is 6. The molecule has 0 saturated carbocycles. The van der Waals surface area contributed by atoms with E-state index in [0.717, 1.165) is 63.8 Å². The number of halogens is 1. The Balaban J connectivity index is 0.983. The summed E-state index contributed by atoms with van der Waals surface area (Å²) in [5.41, 5.74) is 6.69. The van der Waals surface area contributed by atoms with Crippen LogP contribution >= 0.6 is 0 Å². The number of hydrogen-bond donors (Lipinski definition) is 1. The van der Waals surface area contributed by atoms with Crippen molar-refractivity contribution in [1.82, 2.24) is 39.9 Å². The molecule has 0 fully saturated rings. The number of hydrogen-bond acceptors (Lipinski definition) is 7. The van der Waals surface area contributed by atoms with Crippen molar-refractivity contribution in [3.63, 3.8) is 0 Å². The minimum Gasteiger partial charge on any atom is -0.338 e. The second-order valence-corrected chi connectivity index (χ2v) is 11.8. The molecule has 0 radical (unpaired) electrons. The minimum absolute atomic E-state index is 0.139. The number of nitrogens with zero attached hydrogens (tertiary/aromatic N) is 7. The number of aromatic amines is 1. The summed E-state index contributed by atoms with van der Waals surface area (Å²) in [6.07, 6.45) is 9.90. The molecular weight excluding hydrogens is 591 g/mol. The van der Waals surface area contributed by atoms with Gasteiger partial charge in [0.1, 0.15) is 11.6 Å². The lowest BCUT2D eigenvalue weighted by atomic mass is 9.98. The Morgan fingerprint density at radius 2 is 1.72 bits per heavy atom. The Morgan fingerprint density at radius 1 is 0.957 bits per heavy atom. The second kappa shape index (κ2) is 13.6. The first-order valence-corrected chi connectivity index (χ1v) is 16.0. The molecule has 4 heterocycles. The summed E-state index contributed by atoms with van der Waals surface area (Å²) in [5.74, 6) is 1.30. The van der Waals surface area contributed by atoms with E-state index in [1.165, 1.54) is 23.3 Å². The van der Waals surface area contributed by atoms with Gasteiger partial charge in [-0.3, -0.25) is 14.8 Å². The molecule has 0 aliphatic carbocycles. The van der Waals surface area contributed by atoms with Gasteiger partial charge in [0.15, 0.2) is 5.82 Å². The van der Waals surface area contributed by atoms with Gasteiger partial charge >= 0.3 is 0 Å². The quantitative estimate of drug-likeness (QED) is 0.189. The molecule has 3 aromatic carbocycles. The fraction of sp³-hybridized carbons (Fsp3) is 0.243. The van der Waals surface area contributed by atoms with Crippen molar-refractivity contribution < 1.29 is 9.18 Å². The molecule has 1 N–H and O–H groups in total. The molecule has 0 bridgehead atoms. The molecule has 1 aliphatic rings. The highest BCUT2D eigenvalue weighted by Crippen LogP contribution is 2.29. The standard InChI is InChI=1S/C37H35FN8O/c1-2-17-45(24-35(47)46-19-12-26(13-20-46)25-4-6-28(7-5-25)37-39-15-3-16-40-37)18-14-34-41-23-29-21-33-31(22-32(29)42-34)36(44-43-33)27-8-10-30(38)11-9-27/h3-12,15-16,21-23H,2,13-14,17-20,24H2,1H3,(H,43,44). The maximum atomic E-state index is 13.5. The predicted molar refractivity (Wildman–Crippen MR) is 182 cm³/mol. The number of benzene rings is 3. The van der Waals surface area contributed by atoms with Crippen LogP contribution in [0.4, 0.5) is 4.39 Å². The third-order valence-electron chi connectivity index (χ3n) is 8.62. The average molecular weight is 627 g/mol. The number of carbonyl (C=O) groups excluding carboxylic acids is 1. The van der Waals surface area contributed by atoms with Crippen molar-refractivity contribution in [2.24, 2.45) is 0 Å². The molecule has 1 aliphatic heterocycles. The van der Waals surface area contributed by atoms with Crippen LogP contribution in [0.2, 0.25) is 0 Å². The number of fused-ring (bicyclic) bond motifs is 2. The van der Waals surface area contributed by atoms with E-state index in [-0.39, 0.29) is 11.7 Å². The highest BCUT2D eigenvalue weighted by atomic mass is 19.1. The summed E-state index contributed by atoms with van der Waals surface area (Å²) in [6, 6.07) is 20.4. The maximum Gasteiger partial charge on any atom is 0.237 e. The lowest BCUT2D eigenvalue weighted by Gasteiger charge is -2.29. The Kier molecular flexibility index (Phi) is 8.75. The van der Waals surface area contributed by atoms with Crippen molar-refractivity contribution in [3.8, 4) is 22.6 Å². The number of nitrogens with one attached hydrogen (secondary N) is 1. The molecule has 7 rings (SSSR count). The van der Waals surface area contributed by atoms with Crippen molar-refractivity contribution in [3.05, 3.63) is 109 Å². The van der Waals surface area contributed by atoms with Crippen LogP contribution < -0.4 is 0 Å². The zero-order chi connectivity index (χ0) is 32.2. The number of H-pyrrole nitrogens is 1. The van der Waals surface area contributed by atoms with Gasteiger partial charge in [-0.05, 0) is 73.0 Å². The lowest BCUT2D eigenvalue weighted by Crippen LogP contribution is -2.43. The summed E-state index contributed by atoms with van der Waals surface area (Å²) >= 11 is 0. The van der Waals surface area contributed by atoms with Gasteiger partial charge in [-0.1, -0.05) is 37.3 Å². The number of carbonyl (C=O) groups is 1. The minimum atomic E-state index is -0.283. The van der Waals surface area contributed by atoms with E-state index in [4.69, 9.17) is 4.98 Å². The first kappa shape index (κ1) is 30.3. The Labute approximate surface area is 272 Å². The van der Waals surface area contributed by atoms with Gasteiger partial charge in [-0.2, -0.15) is 5.10 Å². The fourth-order valence-electron chi connectivity index (χ4n) is 6.11. The van der Waals surface area contributed by atoms with Crippen molar-refractivity contribution in [2.45, 2.75) is 26.2 Å². The van der Waals surface area contributed by atoms with Crippen LogP contribution in [0, 0.1) is 5.82 Å². The van der Waals surface area contributed by atoms with Gasteiger partial charge in [-0.15, -0.1) is 0 Å². The average Bonchev–Trinajstić information content (AvgIpc) is 3.53. The smallest absolute Gasteiger partial charge is 0.237 e. The van der Waals surface area contributed by atoms with E-state index < -0.39 is 0 Å². The third kappa shape index (κ3) is 6.78. The monoisotopic (exact) mass is 626 g/mol. The third-order valence-corrected chi connectivity index (χ3v) is 8.62. The van der Waals surface area contributed by atoms with Gasteiger partial charge in [0, 0.05) is 66.5 Å². The van der Waals surface area contributed by atoms with E-state index in [9.17, 15) is 9.18 Å². The molecule has 6 aromatic rings. The molecule has 236 valence electrons. The topological polar surface area (TPSA) is 104 Å². The lowest BCUT2D eigenvalue weighted by molar-refractivity contribution is -0.132. The predicted octanol–water partition coefficient (Wildman–Crippen LogP) is 6.34. The van der Waals surface area contributed by atoms with Gasteiger partial charge in [0.25, 0.3) is 0 Å². The van der Waals surface area contributed by atoms with Crippen molar-refractivity contribution in [1.29, 1.82) is 0 Å². The van der Waals surface area contributed by atoms with E-state index in [2.05, 4.69) is 55.2 Å². The molecule has 0 spiro atoms. The maximum absolute atomic E-state index is 13.5. The molecular formula is C37H35FN8O. The van der Waals surface area contributed by atoms with E-state index in [0.29, 0.717) is 38.4 Å². The Morgan fingerprint density at radius 3 is 2.47 bits per heavy atom. The van der Waals surface area contributed by atoms with E-state index in [1.54, 1.807) is 24.5 Å². The Bertz CT molecular complexity index is 2040. The molecule has 0 unspecified atom stereocenters. The van der Waals surface area contributed by atoms with Crippen LogP contribution in [0.3, 0.4) is 0 Å². The highest BCUT2D eigenvalue weighted by molar-refractivity contribution is 6.01. The van der Waals surface area contributed by atoms with Crippen LogP contribution in [0.1, 0.15) is 31.2 Å². The molecule has 10 heteroatoms. The van der Waals surface area contributed by atoms with Crippen LogP contribution in [0.15, 0.2) is 91.4 Å². The first-order valence-electron chi connectivity index (χ1n) is 16.0. The van der Waals surface area contributed by atoms with E-state index in [1.807, 2.05) is 41.4 Å². The zero-order valence-corrected chi connectivity index (χ0v) is 26.2. The van der Waals surface area contributed by atoms with Gasteiger partial charge in [-0.25, -0.2) is 24.3 Å². The van der Waals surface area contributed by atoms with Gasteiger partial charge in [0.05, 0.1) is 23.3 Å². The molecule has 47 heavy (non-hydrogen) atoms. The van der Waals surface area contributed by atoms with Crippen molar-refractivity contribution in [2.75, 3.05) is 32.7 Å². The van der Waals surface area contributed by atoms with Gasteiger partial charge < -0.3 is 4.90 Å². The first-order chi connectivity index (χ1) is 23.0. The van der Waals surface area contributed by atoms with Crippen LogP contribution in [0.25, 0.3) is 50.0 Å². The van der Waals surface area contributed by atoms with E-state index >= 15 is 0 Å². The van der Waals surface area contributed by atoms with Crippen LogP contribution in [0.5, 0.6) is 0 Å². The highest BCUT2D eigenvalue weighted by Gasteiger charge is 2.21. The summed E-state index contributed by atoms with van der Waals surface area (Å²) in [6.45, 7) is 5.31. The molecule has 0 atom stereocenters. The SMILES string of the molecule is CCCN(CCc1ncc2cc3[nH]nc(-c4ccc(F)cc4)c3cc2n1)CC(=O)N1CC=C(c2ccc(-c3ncccn3)cc2)CC1. The molecule has 1 amide bonds. The second-order valence-electron chi connectivity index (χ2n) is 11.8. The summed E-state index contributed by atoms with van der Waals surface area (Å²) in [7, 11) is 0. The Hall–Kier alpha value is -5.35. The number of rotatable bonds is 10. The largest absolute Gasteiger partial charge is 0.338 e. The van der Waals surface area contributed by atoms with Crippen LogP contribution in [-0.4, -0.2) is 78.6 Å². The molecule has 9 nitrogen and oxygen atoms in total. The van der Waals surface area contributed by atoms with Crippen molar-refractivity contribution >= 4 is 33.3 Å². The summed E-state index contributed by atoms with van der Waals surface area (Å²) in [4.78, 5) is 35.7. The summed E-state index contributed by atoms with van der Waals surface area (Å²) < 4.78 is 13.5.